The van der Waals surface area contributed by atoms with Crippen molar-refractivity contribution >= 4 is 21.7 Å². The molecule has 6 atom stereocenters. The van der Waals surface area contributed by atoms with Crippen LogP contribution in [0.25, 0.3) is 0 Å². The third-order valence-corrected chi connectivity index (χ3v) is 9.27. The van der Waals surface area contributed by atoms with Crippen molar-refractivity contribution in [2.24, 2.45) is 34.5 Å². The van der Waals surface area contributed by atoms with Crippen molar-refractivity contribution in [3.63, 3.8) is 0 Å². The summed E-state index contributed by atoms with van der Waals surface area (Å²) in [4.78, 5) is 24.6. The van der Waals surface area contributed by atoms with Crippen molar-refractivity contribution in [2.45, 2.75) is 58.8 Å². The van der Waals surface area contributed by atoms with Crippen molar-refractivity contribution < 1.29 is 22.6 Å². The molecule has 28 heavy (non-hydrogen) atoms. The Hall–Kier alpha value is -1.27. The zero-order valence-electron chi connectivity index (χ0n) is 16.7. The quantitative estimate of drug-likeness (QED) is 0.718. The van der Waals surface area contributed by atoms with E-state index in [-0.39, 0.29) is 34.7 Å². The Morgan fingerprint density at radius 3 is 2.64 bits per heavy atom. The molecule has 0 unspecified atom stereocenters. The highest BCUT2D eigenvalue weighted by Crippen LogP contribution is 2.66. The van der Waals surface area contributed by atoms with Crippen LogP contribution >= 0.6 is 0 Å². The van der Waals surface area contributed by atoms with Crippen molar-refractivity contribution in [3.05, 3.63) is 23.8 Å². The van der Waals surface area contributed by atoms with E-state index in [1.807, 2.05) is 6.08 Å². The lowest BCUT2D eigenvalue weighted by Crippen LogP contribution is -2.50. The van der Waals surface area contributed by atoms with E-state index in [0.717, 1.165) is 38.5 Å². The molecule has 0 aliphatic heterocycles. The molecule has 4 rings (SSSR count). The van der Waals surface area contributed by atoms with Gasteiger partial charge in [-0.25, -0.2) is 0 Å². The molecular formula is C22H30O5S. The normalized spacial score (nSPS) is 42.4. The maximum Gasteiger partial charge on any atom is 0.265 e. The van der Waals surface area contributed by atoms with Gasteiger partial charge in [0, 0.05) is 17.8 Å². The zero-order valence-corrected chi connectivity index (χ0v) is 17.5. The second-order valence-electron chi connectivity index (χ2n) is 9.78. The first kappa shape index (κ1) is 20.0. The average Bonchev–Trinajstić information content (AvgIpc) is 2.97. The topological polar surface area (TPSA) is 88.5 Å². The van der Waals surface area contributed by atoms with Gasteiger partial charge < -0.3 is 0 Å². The number of ketones is 2. The van der Waals surface area contributed by atoms with Gasteiger partial charge in [-0.2, -0.15) is 8.42 Å². The summed E-state index contributed by atoms with van der Waals surface area (Å²) in [6.07, 6.45) is 11.4. The summed E-state index contributed by atoms with van der Waals surface area (Å²) in [5.41, 5.74) is 1.14. The maximum atomic E-state index is 12.8. The number of Topliss-reactive ketones (excluding diaryl/α,β-unsaturated/α-hetero) is 1. The first-order chi connectivity index (χ1) is 13.0. The molecule has 4 aliphatic rings. The molecule has 154 valence electrons. The van der Waals surface area contributed by atoms with E-state index in [1.165, 1.54) is 5.57 Å². The fourth-order valence-electron chi connectivity index (χ4n) is 7.13. The number of carbonyl (C=O) groups excluding carboxylic acids is 2. The second-order valence-corrected chi connectivity index (χ2v) is 11.4. The summed E-state index contributed by atoms with van der Waals surface area (Å²) >= 11 is 0. The minimum atomic E-state index is -4.11. The Morgan fingerprint density at radius 1 is 1.18 bits per heavy atom. The number of rotatable bonds is 4. The lowest BCUT2D eigenvalue weighted by atomic mass is 9.47. The highest BCUT2D eigenvalue weighted by molar-refractivity contribution is 7.85. The van der Waals surface area contributed by atoms with Gasteiger partial charge in [0.05, 0.1) is 5.75 Å². The van der Waals surface area contributed by atoms with Gasteiger partial charge in [-0.3, -0.25) is 14.1 Å². The first-order valence-electron chi connectivity index (χ1n) is 10.5. The molecule has 0 bridgehead atoms. The Balaban J connectivity index is 1.56. The Morgan fingerprint density at radius 2 is 1.93 bits per heavy atom. The smallest absolute Gasteiger partial charge is 0.265 e. The van der Waals surface area contributed by atoms with Crippen molar-refractivity contribution in [1.82, 2.24) is 0 Å². The Bertz CT molecular complexity index is 869. The molecule has 0 amide bonds. The van der Waals surface area contributed by atoms with Gasteiger partial charge in [0.15, 0.2) is 5.78 Å². The number of hydrogen-bond acceptors (Lipinski definition) is 4. The van der Waals surface area contributed by atoms with E-state index >= 15 is 0 Å². The molecule has 3 fully saturated rings. The van der Waals surface area contributed by atoms with E-state index in [1.54, 1.807) is 6.08 Å². The van der Waals surface area contributed by atoms with Crippen LogP contribution in [0.4, 0.5) is 0 Å². The zero-order chi connectivity index (χ0) is 20.3. The van der Waals surface area contributed by atoms with Crippen molar-refractivity contribution in [1.29, 1.82) is 0 Å². The number of carbonyl (C=O) groups is 2. The van der Waals surface area contributed by atoms with Crippen LogP contribution < -0.4 is 0 Å². The summed E-state index contributed by atoms with van der Waals surface area (Å²) in [7, 11) is -4.11. The van der Waals surface area contributed by atoms with E-state index in [4.69, 9.17) is 4.55 Å². The van der Waals surface area contributed by atoms with Crippen LogP contribution in [-0.4, -0.2) is 30.3 Å². The van der Waals surface area contributed by atoms with Crippen molar-refractivity contribution in [3.8, 4) is 0 Å². The highest BCUT2D eigenvalue weighted by Gasteiger charge is 2.59. The fraction of sp³-hybridized carbons (Fsp3) is 0.727. The van der Waals surface area contributed by atoms with Gasteiger partial charge in [-0.05, 0) is 73.8 Å². The maximum absolute atomic E-state index is 12.8. The van der Waals surface area contributed by atoms with Gasteiger partial charge >= 0.3 is 0 Å². The number of fused-ring (bicyclic) bond motifs is 5. The predicted molar refractivity (Wildman–Crippen MR) is 106 cm³/mol. The summed E-state index contributed by atoms with van der Waals surface area (Å²) in [6, 6.07) is 0. The largest absolute Gasteiger partial charge is 0.299 e. The third kappa shape index (κ3) is 3.13. The third-order valence-electron chi connectivity index (χ3n) is 8.55. The molecule has 0 spiro atoms. The van der Waals surface area contributed by atoms with Crippen LogP contribution in [0.2, 0.25) is 0 Å². The van der Waals surface area contributed by atoms with E-state index in [0.29, 0.717) is 17.8 Å². The molecule has 5 nitrogen and oxygen atoms in total. The lowest BCUT2D eigenvalue weighted by Gasteiger charge is -2.57. The molecule has 0 saturated heterocycles. The van der Waals surface area contributed by atoms with Crippen LogP contribution in [-0.2, 0) is 19.7 Å². The molecule has 1 N–H and O–H groups in total. The Kier molecular flexibility index (Phi) is 4.74. The molecular weight excluding hydrogens is 376 g/mol. The fourth-order valence-corrected chi connectivity index (χ4v) is 7.59. The second kappa shape index (κ2) is 6.63. The van der Waals surface area contributed by atoms with E-state index < -0.39 is 15.9 Å². The summed E-state index contributed by atoms with van der Waals surface area (Å²) in [6.45, 7) is 4.50. The molecule has 0 aromatic rings. The van der Waals surface area contributed by atoms with E-state index in [9.17, 15) is 18.0 Å². The van der Waals surface area contributed by atoms with Gasteiger partial charge in [0.25, 0.3) is 10.1 Å². The van der Waals surface area contributed by atoms with Crippen LogP contribution in [0.5, 0.6) is 0 Å². The van der Waals surface area contributed by atoms with Crippen LogP contribution in [0.3, 0.4) is 0 Å². The van der Waals surface area contributed by atoms with Crippen LogP contribution in [0, 0.1) is 34.5 Å². The summed E-state index contributed by atoms with van der Waals surface area (Å²) in [5.74, 6) is 1.02. The van der Waals surface area contributed by atoms with Gasteiger partial charge in [0.1, 0.15) is 5.78 Å². The standard InChI is InChI=1S/C22H30O5S/c1-21-10-7-15(23)13-14(21)3-4-16-17-5-6-19(20(24)9-12-28(25,26)27)22(17,2)11-8-18(16)21/h7,10,13,16-19H,3-6,8-9,11-12H2,1-2H3,(H,25,26,27)/t16-,17-,18-,19+,21-,22-/m0/s1. The molecule has 0 heterocycles. The van der Waals surface area contributed by atoms with Crippen LogP contribution in [0.15, 0.2) is 23.8 Å². The summed E-state index contributed by atoms with van der Waals surface area (Å²) < 4.78 is 31.1. The minimum absolute atomic E-state index is 0.00756. The van der Waals surface area contributed by atoms with Gasteiger partial charge in [0.2, 0.25) is 0 Å². The average molecular weight is 407 g/mol. The predicted octanol–water partition coefficient (Wildman–Crippen LogP) is 3.76. The molecule has 0 radical (unpaired) electrons. The van der Waals surface area contributed by atoms with Gasteiger partial charge in [-0.1, -0.05) is 25.5 Å². The van der Waals surface area contributed by atoms with Crippen molar-refractivity contribution in [2.75, 3.05) is 5.75 Å². The number of allylic oxidation sites excluding steroid dienone is 4. The number of hydrogen-bond donors (Lipinski definition) is 1. The lowest BCUT2D eigenvalue weighted by molar-refractivity contribution is -0.129. The molecule has 0 aromatic carbocycles. The first-order valence-corrected chi connectivity index (χ1v) is 12.1. The SMILES string of the molecule is C[C@]12CC[C@H]3[C@@H](CCC4=CC(=O)C=C[C@@]43C)[C@@H]1CC[C@@H]2C(=O)CCS(=O)(=O)O. The minimum Gasteiger partial charge on any atom is -0.299 e. The Labute approximate surface area is 167 Å². The van der Waals surface area contributed by atoms with Gasteiger partial charge in [-0.15, -0.1) is 0 Å². The monoisotopic (exact) mass is 406 g/mol. The molecule has 6 heteroatoms. The van der Waals surface area contributed by atoms with E-state index in [2.05, 4.69) is 19.9 Å². The summed E-state index contributed by atoms with van der Waals surface area (Å²) in [5, 5.41) is 0. The molecule has 0 aromatic heterocycles. The van der Waals surface area contributed by atoms with Crippen LogP contribution in [0.1, 0.15) is 58.8 Å². The molecule has 4 aliphatic carbocycles. The molecule has 3 saturated carbocycles. The highest BCUT2D eigenvalue weighted by atomic mass is 32.2.